The maximum Gasteiger partial charge on any atom is 0.508 e. The molecule has 0 aliphatic heterocycles. The van der Waals surface area contributed by atoms with Crippen LogP contribution in [0.2, 0.25) is 0 Å². The number of esters is 1. The molecular formula is C11H17F3O5S. The Hall–Kier alpha value is -1.09. The van der Waals surface area contributed by atoms with Crippen molar-refractivity contribution >= 4 is 17.0 Å². The third kappa shape index (κ3) is 4.78. The van der Waals surface area contributed by atoms with Crippen molar-refractivity contribution in [2.75, 3.05) is 6.61 Å². The second kappa shape index (κ2) is 7.07. The minimum atomic E-state index is -4.90. The van der Waals surface area contributed by atoms with Gasteiger partial charge in [-0.3, -0.25) is 4.79 Å². The fourth-order valence-electron chi connectivity index (χ4n) is 1.65. The van der Waals surface area contributed by atoms with Gasteiger partial charge in [-0.1, -0.05) is 0 Å². The minimum Gasteiger partial charge on any atom is -0.466 e. The lowest BCUT2D eigenvalue weighted by Crippen LogP contribution is -2.32. The first-order valence-electron chi connectivity index (χ1n) is 5.72. The minimum absolute atomic E-state index is 0. The van der Waals surface area contributed by atoms with E-state index < -0.39 is 22.0 Å². The number of alkyl halides is 3. The summed E-state index contributed by atoms with van der Waals surface area (Å²) in [5.74, 6) is -0.389. The molecule has 2 atom stereocenters. The van der Waals surface area contributed by atoms with E-state index in [1.807, 2.05) is 0 Å². The molecule has 2 unspecified atom stereocenters. The van der Waals surface area contributed by atoms with Gasteiger partial charge in [-0.15, -0.1) is 0 Å². The van der Waals surface area contributed by atoms with Crippen LogP contribution in [0.1, 0.15) is 33.1 Å². The van der Waals surface area contributed by atoms with Gasteiger partial charge in [-0.05, 0) is 32.8 Å². The maximum absolute atomic E-state index is 12.1. The van der Waals surface area contributed by atoms with Crippen molar-refractivity contribution < 1.29 is 36.6 Å². The van der Waals surface area contributed by atoms with Gasteiger partial charge in [0.2, 0.25) is 0 Å². The van der Waals surface area contributed by atoms with Crippen LogP contribution < -0.4 is 0 Å². The lowest BCUT2D eigenvalue weighted by Gasteiger charge is -2.29. The van der Waals surface area contributed by atoms with Gasteiger partial charge in [-0.2, -0.15) is 13.2 Å². The molecule has 0 bridgehead atoms. The van der Waals surface area contributed by atoms with E-state index in [4.69, 9.17) is 4.74 Å². The molecule has 20 heavy (non-hydrogen) atoms. The normalized spacial score (nSPS) is 24.1. The zero-order valence-corrected chi connectivity index (χ0v) is 11.9. The molecule has 2 N–H and O–H groups in total. The number of hydrogen-bond donors (Lipinski definition) is 0. The van der Waals surface area contributed by atoms with Gasteiger partial charge in [0.05, 0.1) is 12.0 Å². The van der Waals surface area contributed by atoms with Crippen molar-refractivity contribution in [2.45, 2.75) is 38.6 Å². The molecule has 0 fully saturated rings. The number of carbonyl (C=O) groups is 1. The quantitative estimate of drug-likeness (QED) is 0.742. The molecule has 0 radical (unpaired) electrons. The number of rotatable bonds is 4. The van der Waals surface area contributed by atoms with Crippen LogP contribution in [0.5, 0.6) is 0 Å². The molecule has 0 aromatic rings. The van der Waals surface area contributed by atoms with E-state index in [1.165, 1.54) is 6.08 Å². The first-order chi connectivity index (χ1) is 8.69. The molecule has 0 spiro atoms. The van der Waals surface area contributed by atoms with E-state index in [0.29, 0.717) is 6.42 Å². The van der Waals surface area contributed by atoms with Crippen LogP contribution in [0.4, 0.5) is 13.2 Å². The van der Waals surface area contributed by atoms with Crippen molar-refractivity contribution in [3.63, 3.8) is 0 Å². The Labute approximate surface area is 117 Å². The van der Waals surface area contributed by atoms with E-state index in [0.717, 1.165) is 0 Å². The third-order valence-corrected chi connectivity index (χ3v) is 3.59. The maximum atomic E-state index is 12.1. The molecule has 0 aromatic heterocycles. The second-order valence-electron chi connectivity index (χ2n) is 4.42. The Morgan fingerprint density at radius 1 is 1.50 bits per heavy atom. The van der Waals surface area contributed by atoms with Crippen LogP contribution in [-0.4, -0.2) is 27.8 Å². The lowest BCUT2D eigenvalue weighted by atomic mass is 9.78. The molecule has 0 heterocycles. The van der Waals surface area contributed by atoms with E-state index in [1.54, 1.807) is 13.8 Å². The highest BCUT2D eigenvalue weighted by atomic mass is 32.2. The molecular weight excluding hydrogens is 301 g/mol. The first-order valence-corrected chi connectivity index (χ1v) is 6.80. The molecule has 1 aliphatic carbocycles. The summed E-state index contributed by atoms with van der Waals surface area (Å²) in [6.07, 6.45) is 1.99. The number of allylic oxidation sites excluding steroid dienone is 2. The molecule has 0 aromatic carbocycles. The highest BCUT2D eigenvalue weighted by molar-refractivity contribution is 7.81. The van der Waals surface area contributed by atoms with E-state index in [-0.39, 0.29) is 36.7 Å². The topological polar surface area (TPSA) is 84.1 Å². The molecule has 1 rings (SSSR count). The third-order valence-electron chi connectivity index (χ3n) is 2.84. The molecule has 0 saturated carbocycles. The highest BCUT2D eigenvalue weighted by Gasteiger charge is 2.42. The summed E-state index contributed by atoms with van der Waals surface area (Å²) in [6, 6.07) is 0. The fourth-order valence-corrected chi connectivity index (χ4v) is 2.09. The van der Waals surface area contributed by atoms with Gasteiger partial charge in [0.15, 0.2) is 0 Å². The molecule has 9 heteroatoms. The zero-order chi connectivity index (χ0) is 14.7. The van der Waals surface area contributed by atoms with Crippen LogP contribution in [0.15, 0.2) is 11.8 Å². The lowest BCUT2D eigenvalue weighted by molar-refractivity contribution is -0.155. The highest BCUT2D eigenvalue weighted by Crippen LogP contribution is 2.37. The molecule has 1 aliphatic rings. The van der Waals surface area contributed by atoms with Gasteiger partial charge in [0, 0.05) is 6.42 Å². The largest absolute Gasteiger partial charge is 0.508 e. The summed E-state index contributed by atoms with van der Waals surface area (Å²) in [5, 5.41) is 0. The number of halogens is 3. The Bertz CT molecular complexity index is 407. The van der Waals surface area contributed by atoms with Gasteiger partial charge in [0.25, 0.3) is 0 Å². The predicted octanol–water partition coefficient (Wildman–Crippen LogP) is 2.00. The monoisotopic (exact) mass is 318 g/mol. The Morgan fingerprint density at radius 2 is 2.10 bits per heavy atom. The van der Waals surface area contributed by atoms with Gasteiger partial charge >= 0.3 is 22.6 Å². The molecule has 118 valence electrons. The van der Waals surface area contributed by atoms with E-state index in [2.05, 4.69) is 4.18 Å². The summed E-state index contributed by atoms with van der Waals surface area (Å²) in [7, 11) is 0. The second-order valence-corrected chi connectivity index (χ2v) is 5.52. The fraction of sp³-hybridized carbons (Fsp3) is 0.727. The van der Waals surface area contributed by atoms with Crippen LogP contribution in [-0.2, 0) is 24.8 Å². The van der Waals surface area contributed by atoms with Crippen molar-refractivity contribution in [2.24, 2.45) is 5.41 Å². The smallest absolute Gasteiger partial charge is 0.466 e. The summed E-state index contributed by atoms with van der Waals surface area (Å²) < 4.78 is 56.2. The molecule has 5 nitrogen and oxygen atoms in total. The van der Waals surface area contributed by atoms with Crippen LogP contribution in [0, 0.1) is 5.41 Å². The van der Waals surface area contributed by atoms with Gasteiger partial charge in [-0.25, -0.2) is 4.21 Å². The predicted molar refractivity (Wildman–Crippen MR) is 65.6 cm³/mol. The van der Waals surface area contributed by atoms with Crippen LogP contribution in [0.3, 0.4) is 0 Å². The van der Waals surface area contributed by atoms with Crippen molar-refractivity contribution in [3.05, 3.63) is 11.8 Å². The SMILES string of the molecule is CCOC(=O)C1(C)CC=C(OS(=O)C(F)(F)F)CC1.O. The summed E-state index contributed by atoms with van der Waals surface area (Å²) >= 11 is -3.36. The summed E-state index contributed by atoms with van der Waals surface area (Å²) in [6.45, 7) is 3.61. The van der Waals surface area contributed by atoms with Crippen LogP contribution in [0.25, 0.3) is 0 Å². The number of carbonyl (C=O) groups excluding carboxylic acids is 1. The first kappa shape index (κ1) is 18.9. The molecule has 0 saturated heterocycles. The van der Waals surface area contributed by atoms with Crippen molar-refractivity contribution in [1.29, 1.82) is 0 Å². The zero-order valence-electron chi connectivity index (χ0n) is 11.1. The van der Waals surface area contributed by atoms with Crippen molar-refractivity contribution in [1.82, 2.24) is 0 Å². The van der Waals surface area contributed by atoms with Gasteiger partial charge in [0.1, 0.15) is 5.76 Å². The summed E-state index contributed by atoms with van der Waals surface area (Å²) in [5.41, 5.74) is -5.66. The van der Waals surface area contributed by atoms with Crippen LogP contribution >= 0.6 is 0 Å². The number of ether oxygens (including phenoxy) is 1. The van der Waals surface area contributed by atoms with E-state index in [9.17, 15) is 22.2 Å². The van der Waals surface area contributed by atoms with Gasteiger partial charge < -0.3 is 14.4 Å². The summed E-state index contributed by atoms with van der Waals surface area (Å²) in [4.78, 5) is 11.7. The van der Waals surface area contributed by atoms with Crippen molar-refractivity contribution in [3.8, 4) is 0 Å². The Balaban J connectivity index is 0.00000361. The van der Waals surface area contributed by atoms with E-state index >= 15 is 0 Å². The molecule has 0 amide bonds. The number of hydrogen-bond acceptors (Lipinski definition) is 4. The Morgan fingerprint density at radius 3 is 2.50 bits per heavy atom. The average molecular weight is 318 g/mol. The Kier molecular flexibility index (Phi) is 6.69. The average Bonchev–Trinajstić information content (AvgIpc) is 2.31. The standard InChI is InChI=1S/C11H15F3O4S.H2O/c1-3-17-9(15)10(2)6-4-8(5-7-10)18-19(16)11(12,13)14;/h4H,3,5-7H2,1-2H3;1H2.